The maximum absolute atomic E-state index is 11.0. The predicted molar refractivity (Wildman–Crippen MR) is 46.8 cm³/mol. The minimum absolute atomic E-state index is 0.218. The molecule has 1 aliphatic carbocycles. The zero-order valence-corrected chi connectivity index (χ0v) is 7.55. The van der Waals surface area contributed by atoms with Crippen LogP contribution in [-0.4, -0.2) is 36.0 Å². The quantitative estimate of drug-likeness (QED) is 0.645. The first kappa shape index (κ1) is 8.05. The first-order chi connectivity index (χ1) is 5.75. The molecule has 1 N–H and O–H groups in total. The molecule has 3 nitrogen and oxygen atoms in total. The number of amides is 1. The standard InChI is InChI=1S/C9H16N2O/c1-7(12)11-5-4-9(6-11)10-8-2-3-8/h8-10H,2-6H2,1H3/t9-/m1/s1. The second kappa shape index (κ2) is 3.05. The Balaban J connectivity index is 1.76. The number of hydrogen-bond donors (Lipinski definition) is 1. The van der Waals surface area contributed by atoms with E-state index in [-0.39, 0.29) is 5.91 Å². The van der Waals surface area contributed by atoms with Crippen LogP contribution in [0.2, 0.25) is 0 Å². The van der Waals surface area contributed by atoms with Crippen LogP contribution in [0.15, 0.2) is 0 Å². The number of likely N-dealkylation sites (tertiary alicyclic amines) is 1. The zero-order valence-electron chi connectivity index (χ0n) is 7.55. The highest BCUT2D eigenvalue weighted by atomic mass is 16.2. The summed E-state index contributed by atoms with van der Waals surface area (Å²) in [7, 11) is 0. The number of carbonyl (C=O) groups excluding carboxylic acids is 1. The summed E-state index contributed by atoms with van der Waals surface area (Å²) >= 11 is 0. The van der Waals surface area contributed by atoms with Gasteiger partial charge in [0.1, 0.15) is 0 Å². The average molecular weight is 168 g/mol. The summed E-state index contributed by atoms with van der Waals surface area (Å²) in [4.78, 5) is 12.9. The SMILES string of the molecule is CC(=O)N1CC[C@@H](NC2CC2)C1. The molecule has 68 valence electrons. The number of carbonyl (C=O) groups is 1. The van der Waals surface area contributed by atoms with Crippen LogP contribution in [0.25, 0.3) is 0 Å². The number of rotatable bonds is 2. The van der Waals surface area contributed by atoms with Crippen LogP contribution in [-0.2, 0) is 4.79 Å². The average Bonchev–Trinajstić information content (AvgIpc) is 2.66. The normalized spacial score (nSPS) is 29.4. The summed E-state index contributed by atoms with van der Waals surface area (Å²) in [5, 5.41) is 3.54. The van der Waals surface area contributed by atoms with E-state index in [1.807, 2.05) is 4.90 Å². The third-order valence-corrected chi connectivity index (χ3v) is 2.68. The van der Waals surface area contributed by atoms with Gasteiger partial charge in [-0.15, -0.1) is 0 Å². The highest BCUT2D eigenvalue weighted by Gasteiger charge is 2.29. The molecule has 1 aliphatic heterocycles. The van der Waals surface area contributed by atoms with Crippen LogP contribution < -0.4 is 5.32 Å². The highest BCUT2D eigenvalue weighted by molar-refractivity contribution is 5.73. The van der Waals surface area contributed by atoms with Gasteiger partial charge in [0, 0.05) is 32.1 Å². The second-order valence-electron chi connectivity index (χ2n) is 3.89. The topological polar surface area (TPSA) is 32.3 Å². The summed E-state index contributed by atoms with van der Waals surface area (Å²) in [6.45, 7) is 3.52. The Bertz CT molecular complexity index is 189. The fourth-order valence-corrected chi connectivity index (χ4v) is 1.77. The molecule has 0 aromatic rings. The molecule has 1 amide bonds. The summed E-state index contributed by atoms with van der Waals surface area (Å²) in [6.07, 6.45) is 3.79. The van der Waals surface area contributed by atoms with E-state index in [9.17, 15) is 4.79 Å². The van der Waals surface area contributed by atoms with Crippen LogP contribution in [0.4, 0.5) is 0 Å². The van der Waals surface area contributed by atoms with Crippen molar-refractivity contribution in [3.63, 3.8) is 0 Å². The van der Waals surface area contributed by atoms with E-state index >= 15 is 0 Å². The van der Waals surface area contributed by atoms with Crippen molar-refractivity contribution in [3.8, 4) is 0 Å². The molecule has 0 aromatic heterocycles. The summed E-state index contributed by atoms with van der Waals surface area (Å²) in [5.74, 6) is 0.218. The van der Waals surface area contributed by atoms with Crippen molar-refractivity contribution in [2.75, 3.05) is 13.1 Å². The largest absolute Gasteiger partial charge is 0.341 e. The highest BCUT2D eigenvalue weighted by Crippen LogP contribution is 2.21. The predicted octanol–water partition coefficient (Wildman–Crippen LogP) is 0.359. The Labute approximate surface area is 73.1 Å². The van der Waals surface area contributed by atoms with Gasteiger partial charge in [-0.3, -0.25) is 4.79 Å². The molecule has 3 heteroatoms. The first-order valence-corrected chi connectivity index (χ1v) is 4.77. The van der Waals surface area contributed by atoms with Crippen molar-refractivity contribution in [3.05, 3.63) is 0 Å². The number of nitrogens with zero attached hydrogens (tertiary/aromatic N) is 1. The van der Waals surface area contributed by atoms with E-state index in [4.69, 9.17) is 0 Å². The van der Waals surface area contributed by atoms with Gasteiger partial charge in [0.05, 0.1) is 0 Å². The minimum Gasteiger partial charge on any atom is -0.341 e. The number of hydrogen-bond acceptors (Lipinski definition) is 2. The molecule has 0 spiro atoms. The lowest BCUT2D eigenvalue weighted by molar-refractivity contribution is -0.127. The molecular formula is C9H16N2O. The lowest BCUT2D eigenvalue weighted by Crippen LogP contribution is -2.35. The van der Waals surface area contributed by atoms with E-state index in [2.05, 4.69) is 5.32 Å². The second-order valence-corrected chi connectivity index (χ2v) is 3.89. The van der Waals surface area contributed by atoms with Gasteiger partial charge in [-0.25, -0.2) is 0 Å². The lowest BCUT2D eigenvalue weighted by Gasteiger charge is -2.14. The summed E-state index contributed by atoms with van der Waals surface area (Å²) in [6, 6.07) is 1.34. The monoisotopic (exact) mass is 168 g/mol. The van der Waals surface area contributed by atoms with Gasteiger partial charge in [-0.05, 0) is 19.3 Å². The molecular weight excluding hydrogens is 152 g/mol. The van der Waals surface area contributed by atoms with Gasteiger partial charge in [-0.2, -0.15) is 0 Å². The van der Waals surface area contributed by atoms with Gasteiger partial charge in [0.2, 0.25) is 5.91 Å². The molecule has 2 aliphatic rings. The van der Waals surface area contributed by atoms with Gasteiger partial charge in [0.15, 0.2) is 0 Å². The van der Waals surface area contributed by atoms with Gasteiger partial charge >= 0.3 is 0 Å². The van der Waals surface area contributed by atoms with Crippen LogP contribution in [0.1, 0.15) is 26.2 Å². The molecule has 1 heterocycles. The van der Waals surface area contributed by atoms with E-state index in [0.717, 1.165) is 25.6 Å². The molecule has 0 bridgehead atoms. The van der Waals surface area contributed by atoms with Gasteiger partial charge in [-0.1, -0.05) is 0 Å². The van der Waals surface area contributed by atoms with Crippen LogP contribution >= 0.6 is 0 Å². The Hall–Kier alpha value is -0.570. The molecule has 1 saturated carbocycles. The Morgan fingerprint density at radius 1 is 1.33 bits per heavy atom. The van der Waals surface area contributed by atoms with Gasteiger partial charge < -0.3 is 10.2 Å². The maximum atomic E-state index is 11.0. The third kappa shape index (κ3) is 1.78. The summed E-state index contributed by atoms with van der Waals surface area (Å²) in [5.41, 5.74) is 0. The van der Waals surface area contributed by atoms with E-state index < -0.39 is 0 Å². The lowest BCUT2D eigenvalue weighted by atomic mass is 10.2. The maximum Gasteiger partial charge on any atom is 0.219 e. The molecule has 0 unspecified atom stereocenters. The van der Waals surface area contributed by atoms with Crippen molar-refractivity contribution >= 4 is 5.91 Å². The van der Waals surface area contributed by atoms with E-state index in [1.165, 1.54) is 12.8 Å². The smallest absolute Gasteiger partial charge is 0.219 e. The summed E-state index contributed by atoms with van der Waals surface area (Å²) < 4.78 is 0. The Morgan fingerprint density at radius 3 is 2.58 bits per heavy atom. The van der Waals surface area contributed by atoms with E-state index in [0.29, 0.717) is 6.04 Å². The van der Waals surface area contributed by atoms with Crippen LogP contribution in [0.5, 0.6) is 0 Å². The first-order valence-electron chi connectivity index (χ1n) is 4.77. The minimum atomic E-state index is 0.218. The van der Waals surface area contributed by atoms with Crippen molar-refractivity contribution in [2.45, 2.75) is 38.3 Å². The Morgan fingerprint density at radius 2 is 2.08 bits per heavy atom. The zero-order chi connectivity index (χ0) is 8.55. The van der Waals surface area contributed by atoms with Crippen LogP contribution in [0.3, 0.4) is 0 Å². The molecule has 2 rings (SSSR count). The fourth-order valence-electron chi connectivity index (χ4n) is 1.77. The molecule has 2 fully saturated rings. The van der Waals surface area contributed by atoms with Gasteiger partial charge in [0.25, 0.3) is 0 Å². The molecule has 1 atom stereocenters. The van der Waals surface area contributed by atoms with Crippen molar-refractivity contribution < 1.29 is 4.79 Å². The molecule has 0 radical (unpaired) electrons. The van der Waals surface area contributed by atoms with Crippen LogP contribution in [0, 0.1) is 0 Å². The third-order valence-electron chi connectivity index (χ3n) is 2.68. The fraction of sp³-hybridized carbons (Fsp3) is 0.889. The van der Waals surface area contributed by atoms with E-state index in [1.54, 1.807) is 6.92 Å². The molecule has 1 saturated heterocycles. The van der Waals surface area contributed by atoms with Crippen molar-refractivity contribution in [1.29, 1.82) is 0 Å². The molecule has 12 heavy (non-hydrogen) atoms. The number of nitrogens with one attached hydrogen (secondary N) is 1. The molecule has 0 aromatic carbocycles. The van der Waals surface area contributed by atoms with Crippen molar-refractivity contribution in [1.82, 2.24) is 10.2 Å². The Kier molecular flexibility index (Phi) is 2.05. The van der Waals surface area contributed by atoms with Crippen molar-refractivity contribution in [2.24, 2.45) is 0 Å².